The predicted octanol–water partition coefficient (Wildman–Crippen LogP) is 3.18. The van der Waals surface area contributed by atoms with Gasteiger partial charge in [0.2, 0.25) is 0 Å². The fraction of sp³-hybridized carbons (Fsp3) is 0.562. The molecule has 1 aromatic carbocycles. The van der Waals surface area contributed by atoms with E-state index in [2.05, 4.69) is 0 Å². The lowest BCUT2D eigenvalue weighted by Gasteiger charge is -2.27. The monoisotopic (exact) mass is 292 g/mol. The maximum atomic E-state index is 12.3. The molecule has 21 heavy (non-hydrogen) atoms. The van der Waals surface area contributed by atoms with Gasteiger partial charge in [-0.05, 0) is 51.3 Å². The lowest BCUT2D eigenvalue weighted by atomic mass is 10.1. The molecule has 5 nitrogen and oxygen atoms in total. The number of amides is 1. The molecule has 2 rings (SSSR count). The maximum Gasteiger partial charge on any atom is 0.410 e. The average Bonchev–Trinajstić information content (AvgIpc) is 3.18. The van der Waals surface area contributed by atoms with Crippen LogP contribution in [0.25, 0.3) is 0 Å². The SMILES string of the molecule is COc1ccc(CN(C(=O)OC(C)(C)C)C2CC2)cc1N. The second-order valence-electron chi connectivity index (χ2n) is 6.42. The van der Waals surface area contributed by atoms with E-state index < -0.39 is 5.60 Å². The Bertz CT molecular complexity index is 519. The molecule has 0 atom stereocenters. The number of methoxy groups -OCH3 is 1. The Morgan fingerprint density at radius 3 is 2.52 bits per heavy atom. The molecule has 1 amide bonds. The van der Waals surface area contributed by atoms with E-state index in [4.69, 9.17) is 15.2 Å². The predicted molar refractivity (Wildman–Crippen MR) is 82.2 cm³/mol. The highest BCUT2D eigenvalue weighted by molar-refractivity contribution is 5.69. The minimum atomic E-state index is -0.483. The van der Waals surface area contributed by atoms with Crippen molar-refractivity contribution in [3.8, 4) is 5.75 Å². The molecule has 5 heteroatoms. The summed E-state index contributed by atoms with van der Waals surface area (Å²) in [6.45, 7) is 6.14. The highest BCUT2D eigenvalue weighted by Crippen LogP contribution is 2.31. The van der Waals surface area contributed by atoms with Crippen LogP contribution in [0.3, 0.4) is 0 Å². The van der Waals surface area contributed by atoms with Crippen LogP contribution in [-0.2, 0) is 11.3 Å². The van der Waals surface area contributed by atoms with E-state index >= 15 is 0 Å². The highest BCUT2D eigenvalue weighted by Gasteiger charge is 2.35. The van der Waals surface area contributed by atoms with Gasteiger partial charge >= 0.3 is 6.09 Å². The molecule has 1 saturated carbocycles. The molecule has 116 valence electrons. The van der Waals surface area contributed by atoms with Crippen molar-refractivity contribution in [3.63, 3.8) is 0 Å². The van der Waals surface area contributed by atoms with E-state index in [9.17, 15) is 4.79 Å². The number of hydrogen-bond acceptors (Lipinski definition) is 4. The van der Waals surface area contributed by atoms with Gasteiger partial charge in [0.1, 0.15) is 11.4 Å². The van der Waals surface area contributed by atoms with Crippen LogP contribution in [0.15, 0.2) is 18.2 Å². The van der Waals surface area contributed by atoms with Crippen molar-refractivity contribution in [1.82, 2.24) is 4.90 Å². The third kappa shape index (κ3) is 4.28. The molecule has 0 aliphatic heterocycles. The summed E-state index contributed by atoms with van der Waals surface area (Å²) in [6, 6.07) is 5.88. The van der Waals surface area contributed by atoms with Gasteiger partial charge in [0.25, 0.3) is 0 Å². The number of nitrogens with two attached hydrogens (primary N) is 1. The Labute approximate surface area is 126 Å². The highest BCUT2D eigenvalue weighted by atomic mass is 16.6. The summed E-state index contributed by atoms with van der Waals surface area (Å²) < 4.78 is 10.6. The van der Waals surface area contributed by atoms with Crippen LogP contribution in [0.1, 0.15) is 39.2 Å². The molecule has 1 aromatic rings. The molecule has 0 aromatic heterocycles. The molecule has 1 fully saturated rings. The fourth-order valence-electron chi connectivity index (χ4n) is 2.13. The standard InChI is InChI=1S/C16H24N2O3/c1-16(2,3)21-15(19)18(12-6-7-12)10-11-5-8-14(20-4)13(17)9-11/h5,8-9,12H,6-7,10,17H2,1-4H3. The largest absolute Gasteiger partial charge is 0.495 e. The van der Waals surface area contributed by atoms with E-state index in [1.165, 1.54) is 0 Å². The number of nitrogens with zero attached hydrogens (tertiary/aromatic N) is 1. The molecule has 0 unspecified atom stereocenters. The summed E-state index contributed by atoms with van der Waals surface area (Å²) in [5.41, 5.74) is 6.99. The van der Waals surface area contributed by atoms with E-state index in [1.54, 1.807) is 12.0 Å². The number of carbonyl (C=O) groups is 1. The zero-order valence-corrected chi connectivity index (χ0v) is 13.2. The molecule has 1 aliphatic carbocycles. The average molecular weight is 292 g/mol. The first-order chi connectivity index (χ1) is 9.80. The summed E-state index contributed by atoms with van der Waals surface area (Å²) in [6.07, 6.45) is 1.80. The van der Waals surface area contributed by atoms with Crippen LogP contribution in [-0.4, -0.2) is 29.7 Å². The van der Waals surface area contributed by atoms with Gasteiger partial charge in [-0.25, -0.2) is 4.79 Å². The van der Waals surface area contributed by atoms with Gasteiger partial charge in [-0.15, -0.1) is 0 Å². The van der Waals surface area contributed by atoms with Crippen molar-refractivity contribution in [2.45, 2.75) is 51.8 Å². The van der Waals surface area contributed by atoms with Gasteiger partial charge in [0.05, 0.1) is 12.8 Å². The number of benzene rings is 1. The van der Waals surface area contributed by atoms with Crippen LogP contribution in [0, 0.1) is 0 Å². The summed E-state index contributed by atoms with van der Waals surface area (Å²) in [4.78, 5) is 14.1. The first kappa shape index (κ1) is 15.5. The zero-order valence-electron chi connectivity index (χ0n) is 13.2. The molecule has 0 saturated heterocycles. The van der Waals surface area contributed by atoms with Gasteiger partial charge in [0, 0.05) is 12.6 Å². The minimum Gasteiger partial charge on any atom is -0.495 e. The van der Waals surface area contributed by atoms with Crippen molar-refractivity contribution >= 4 is 11.8 Å². The van der Waals surface area contributed by atoms with Crippen LogP contribution in [0.4, 0.5) is 10.5 Å². The van der Waals surface area contributed by atoms with Crippen LogP contribution >= 0.6 is 0 Å². The molecule has 0 heterocycles. The molecular formula is C16H24N2O3. The number of carbonyl (C=O) groups excluding carboxylic acids is 1. The lowest BCUT2D eigenvalue weighted by Crippen LogP contribution is -2.37. The Morgan fingerprint density at radius 2 is 2.05 bits per heavy atom. The quantitative estimate of drug-likeness (QED) is 0.866. The second-order valence-corrected chi connectivity index (χ2v) is 6.42. The zero-order chi connectivity index (χ0) is 15.6. The normalized spacial score (nSPS) is 14.7. The van der Waals surface area contributed by atoms with Gasteiger partial charge in [0.15, 0.2) is 0 Å². The number of nitrogen functional groups attached to an aromatic ring is 1. The summed E-state index contributed by atoms with van der Waals surface area (Å²) >= 11 is 0. The first-order valence-electron chi connectivity index (χ1n) is 7.22. The molecule has 0 spiro atoms. The fourth-order valence-corrected chi connectivity index (χ4v) is 2.13. The second kappa shape index (κ2) is 5.84. The van der Waals surface area contributed by atoms with E-state index in [-0.39, 0.29) is 12.1 Å². The van der Waals surface area contributed by atoms with Crippen molar-refractivity contribution in [1.29, 1.82) is 0 Å². The van der Waals surface area contributed by atoms with Crippen molar-refractivity contribution < 1.29 is 14.3 Å². The Morgan fingerprint density at radius 1 is 1.38 bits per heavy atom. The topological polar surface area (TPSA) is 64.8 Å². The Kier molecular flexibility index (Phi) is 4.30. The van der Waals surface area contributed by atoms with E-state index in [0.29, 0.717) is 18.0 Å². The first-order valence-corrected chi connectivity index (χ1v) is 7.22. The molecule has 1 aliphatic rings. The van der Waals surface area contributed by atoms with Gasteiger partial charge < -0.3 is 20.1 Å². The van der Waals surface area contributed by atoms with E-state index in [1.807, 2.05) is 39.0 Å². The van der Waals surface area contributed by atoms with Gasteiger partial charge in [-0.3, -0.25) is 0 Å². The summed E-state index contributed by atoms with van der Waals surface area (Å²) in [7, 11) is 1.59. The van der Waals surface area contributed by atoms with Crippen LogP contribution < -0.4 is 10.5 Å². The number of hydrogen-bond donors (Lipinski definition) is 1. The third-order valence-corrected chi connectivity index (χ3v) is 3.26. The third-order valence-electron chi connectivity index (χ3n) is 3.26. The maximum absolute atomic E-state index is 12.3. The number of anilines is 1. The van der Waals surface area contributed by atoms with Gasteiger partial charge in [-0.1, -0.05) is 6.07 Å². The van der Waals surface area contributed by atoms with Crippen molar-refractivity contribution in [2.75, 3.05) is 12.8 Å². The van der Waals surface area contributed by atoms with Crippen molar-refractivity contribution in [2.24, 2.45) is 0 Å². The van der Waals surface area contributed by atoms with Crippen molar-refractivity contribution in [3.05, 3.63) is 23.8 Å². The number of ether oxygens (including phenoxy) is 2. The molecular weight excluding hydrogens is 268 g/mol. The Balaban J connectivity index is 2.10. The number of rotatable bonds is 4. The van der Waals surface area contributed by atoms with Gasteiger partial charge in [-0.2, -0.15) is 0 Å². The smallest absolute Gasteiger partial charge is 0.410 e. The summed E-state index contributed by atoms with van der Waals surface area (Å²) in [5, 5.41) is 0. The minimum absolute atomic E-state index is 0.264. The molecule has 0 radical (unpaired) electrons. The molecule has 0 bridgehead atoms. The van der Waals surface area contributed by atoms with E-state index in [0.717, 1.165) is 18.4 Å². The van der Waals surface area contributed by atoms with Crippen LogP contribution in [0.5, 0.6) is 5.75 Å². The summed E-state index contributed by atoms with van der Waals surface area (Å²) in [5.74, 6) is 0.647. The lowest BCUT2D eigenvalue weighted by molar-refractivity contribution is 0.0216. The molecule has 2 N–H and O–H groups in total. The Hall–Kier alpha value is -1.91. The van der Waals surface area contributed by atoms with Crippen LogP contribution in [0.2, 0.25) is 0 Å².